The predicted octanol–water partition coefficient (Wildman–Crippen LogP) is 4.59. The molecule has 0 aliphatic carbocycles. The highest BCUT2D eigenvalue weighted by Crippen LogP contribution is 2.34. The predicted molar refractivity (Wildman–Crippen MR) is 118 cm³/mol. The normalized spacial score (nSPS) is 10.4. The number of methoxy groups -OCH3 is 1. The molecule has 3 rings (SSSR count). The average molecular weight is 423 g/mol. The zero-order valence-corrected chi connectivity index (χ0v) is 17.8. The Morgan fingerprint density at radius 3 is 2.23 bits per heavy atom. The molecular weight excluding hydrogens is 400 g/mol. The maximum absolute atomic E-state index is 12.8. The van der Waals surface area contributed by atoms with E-state index < -0.39 is 5.97 Å². The number of hydrogen-bond acceptors (Lipinski definition) is 5. The number of thiophene rings is 1. The molecule has 0 saturated carbocycles. The number of esters is 1. The highest BCUT2D eigenvalue weighted by molar-refractivity contribution is 7.18. The van der Waals surface area contributed by atoms with Crippen molar-refractivity contribution >= 4 is 39.8 Å². The number of hydrogen-bond donors (Lipinski definition) is 2. The van der Waals surface area contributed by atoms with Gasteiger partial charge in [0.05, 0.1) is 24.0 Å². The van der Waals surface area contributed by atoms with Crippen molar-refractivity contribution in [2.45, 2.75) is 20.3 Å². The van der Waals surface area contributed by atoms with Crippen molar-refractivity contribution in [3.63, 3.8) is 0 Å². The molecule has 7 heteroatoms. The highest BCUT2D eigenvalue weighted by atomic mass is 32.1. The number of rotatable bonds is 6. The number of aryl methyl sites for hydroxylation is 1. The fourth-order valence-electron chi connectivity index (χ4n) is 2.94. The number of nitrogens with one attached hydrogen (secondary N) is 2. The molecule has 0 spiro atoms. The molecule has 154 valence electrons. The van der Waals surface area contributed by atoms with Crippen molar-refractivity contribution in [1.82, 2.24) is 0 Å². The fraction of sp³-hybridized carbons (Fsp3) is 0.174. The summed E-state index contributed by atoms with van der Waals surface area (Å²) in [5.41, 5.74) is 3.23. The molecule has 0 atom stereocenters. The average Bonchev–Trinajstić information content (AvgIpc) is 3.05. The topological polar surface area (TPSA) is 84.5 Å². The van der Waals surface area contributed by atoms with Gasteiger partial charge in [0.1, 0.15) is 5.00 Å². The van der Waals surface area contributed by atoms with E-state index in [1.807, 2.05) is 49.4 Å². The SMILES string of the molecule is COC(=O)c1c(NC(=O)Cc2ccccc2)sc(C(=O)Nc2ccc(C)cc2)c1C. The molecule has 0 unspecified atom stereocenters. The first-order valence-electron chi connectivity index (χ1n) is 9.32. The van der Waals surface area contributed by atoms with Gasteiger partial charge >= 0.3 is 5.97 Å². The first-order valence-corrected chi connectivity index (χ1v) is 10.1. The standard InChI is InChI=1S/C23H22N2O4S/c1-14-9-11-17(12-10-14)24-21(27)20-15(2)19(23(28)29-3)22(30-20)25-18(26)13-16-7-5-4-6-8-16/h4-12H,13H2,1-3H3,(H,24,27)(H,25,26). The van der Waals surface area contributed by atoms with Crippen LogP contribution >= 0.6 is 11.3 Å². The van der Waals surface area contributed by atoms with E-state index in [1.54, 1.807) is 19.1 Å². The Labute approximate surface area is 178 Å². The molecule has 1 heterocycles. The molecule has 2 amide bonds. The van der Waals surface area contributed by atoms with Crippen LogP contribution in [0.25, 0.3) is 0 Å². The molecule has 3 aromatic rings. The second kappa shape index (κ2) is 9.37. The molecule has 0 bridgehead atoms. The smallest absolute Gasteiger partial charge is 0.341 e. The van der Waals surface area contributed by atoms with Crippen LogP contribution in [0, 0.1) is 13.8 Å². The summed E-state index contributed by atoms with van der Waals surface area (Å²) in [7, 11) is 1.26. The molecule has 2 N–H and O–H groups in total. The van der Waals surface area contributed by atoms with Crippen molar-refractivity contribution in [3.8, 4) is 0 Å². The Hall–Kier alpha value is -3.45. The molecule has 6 nitrogen and oxygen atoms in total. The van der Waals surface area contributed by atoms with Crippen LogP contribution in [0.2, 0.25) is 0 Å². The van der Waals surface area contributed by atoms with Crippen LogP contribution in [0.3, 0.4) is 0 Å². The van der Waals surface area contributed by atoms with Crippen molar-refractivity contribution in [2.75, 3.05) is 17.7 Å². The van der Waals surface area contributed by atoms with Gasteiger partial charge < -0.3 is 15.4 Å². The van der Waals surface area contributed by atoms with Crippen molar-refractivity contribution in [2.24, 2.45) is 0 Å². The summed E-state index contributed by atoms with van der Waals surface area (Å²) in [5.74, 6) is -1.23. The molecule has 30 heavy (non-hydrogen) atoms. The van der Waals surface area contributed by atoms with Gasteiger partial charge in [-0.1, -0.05) is 48.0 Å². The third-order valence-corrected chi connectivity index (χ3v) is 5.72. The Kier molecular flexibility index (Phi) is 6.64. The number of carbonyl (C=O) groups excluding carboxylic acids is 3. The van der Waals surface area contributed by atoms with Crippen LogP contribution in [0.1, 0.15) is 36.7 Å². The van der Waals surface area contributed by atoms with Gasteiger partial charge in [-0.05, 0) is 37.1 Å². The van der Waals surface area contributed by atoms with E-state index in [0.717, 1.165) is 22.5 Å². The minimum absolute atomic E-state index is 0.156. The van der Waals surface area contributed by atoms with Crippen LogP contribution in [0.15, 0.2) is 54.6 Å². The van der Waals surface area contributed by atoms with Crippen LogP contribution in [0.4, 0.5) is 10.7 Å². The van der Waals surface area contributed by atoms with E-state index in [-0.39, 0.29) is 23.8 Å². The molecule has 0 saturated heterocycles. The van der Waals surface area contributed by atoms with Crippen molar-refractivity contribution in [3.05, 3.63) is 81.7 Å². The van der Waals surface area contributed by atoms with E-state index in [4.69, 9.17) is 4.74 Å². The molecule has 0 radical (unpaired) electrons. The van der Waals surface area contributed by atoms with Gasteiger partial charge in [-0.3, -0.25) is 9.59 Å². The monoisotopic (exact) mass is 422 g/mol. The largest absolute Gasteiger partial charge is 0.465 e. The summed E-state index contributed by atoms with van der Waals surface area (Å²) in [4.78, 5) is 38.0. The van der Waals surface area contributed by atoms with Gasteiger partial charge in [0.25, 0.3) is 5.91 Å². The van der Waals surface area contributed by atoms with Gasteiger partial charge in [-0.2, -0.15) is 0 Å². The van der Waals surface area contributed by atoms with Gasteiger partial charge in [0, 0.05) is 5.69 Å². The summed E-state index contributed by atoms with van der Waals surface area (Å²) in [5, 5.41) is 5.88. The van der Waals surface area contributed by atoms with Gasteiger partial charge in [-0.25, -0.2) is 4.79 Å². The minimum Gasteiger partial charge on any atom is -0.465 e. The van der Waals surface area contributed by atoms with E-state index in [2.05, 4.69) is 10.6 Å². The molecule has 2 aromatic carbocycles. The third-order valence-electron chi connectivity index (χ3n) is 4.51. The summed E-state index contributed by atoms with van der Waals surface area (Å²) >= 11 is 1.05. The lowest BCUT2D eigenvalue weighted by Gasteiger charge is -2.06. The van der Waals surface area contributed by atoms with Gasteiger partial charge in [-0.15, -0.1) is 11.3 Å². The fourth-order valence-corrected chi connectivity index (χ4v) is 4.05. The second-order valence-corrected chi connectivity index (χ2v) is 7.80. The lowest BCUT2D eigenvalue weighted by Crippen LogP contribution is -2.16. The summed E-state index contributed by atoms with van der Waals surface area (Å²) < 4.78 is 4.87. The van der Waals surface area contributed by atoms with Crippen LogP contribution in [-0.4, -0.2) is 24.9 Å². The number of carbonyl (C=O) groups is 3. The molecule has 0 aliphatic rings. The third kappa shape index (κ3) is 4.93. The number of benzene rings is 2. The Morgan fingerprint density at radius 1 is 0.933 bits per heavy atom. The maximum Gasteiger partial charge on any atom is 0.341 e. The first kappa shape index (κ1) is 21.3. The lowest BCUT2D eigenvalue weighted by atomic mass is 10.1. The molecule has 1 aromatic heterocycles. The van der Waals surface area contributed by atoms with Crippen molar-refractivity contribution < 1.29 is 19.1 Å². The number of amides is 2. The van der Waals surface area contributed by atoms with E-state index in [0.29, 0.717) is 21.1 Å². The highest BCUT2D eigenvalue weighted by Gasteiger charge is 2.26. The number of ether oxygens (including phenoxy) is 1. The Morgan fingerprint density at radius 2 is 1.60 bits per heavy atom. The first-order chi connectivity index (χ1) is 14.4. The quantitative estimate of drug-likeness (QED) is 0.569. The van der Waals surface area contributed by atoms with Crippen LogP contribution in [0.5, 0.6) is 0 Å². The molecule has 0 fully saturated rings. The lowest BCUT2D eigenvalue weighted by molar-refractivity contribution is -0.115. The maximum atomic E-state index is 12.8. The zero-order chi connectivity index (χ0) is 21.7. The number of anilines is 2. The summed E-state index contributed by atoms with van der Waals surface area (Å²) in [6.07, 6.45) is 0.156. The second-order valence-electron chi connectivity index (χ2n) is 6.78. The van der Waals surface area contributed by atoms with Gasteiger partial charge in [0.2, 0.25) is 5.91 Å². The van der Waals surface area contributed by atoms with E-state index in [1.165, 1.54) is 7.11 Å². The summed E-state index contributed by atoms with van der Waals surface area (Å²) in [6, 6.07) is 16.7. The van der Waals surface area contributed by atoms with E-state index >= 15 is 0 Å². The molecular formula is C23H22N2O4S. The Bertz CT molecular complexity index is 1070. The van der Waals surface area contributed by atoms with Gasteiger partial charge in [0.15, 0.2) is 0 Å². The Balaban J connectivity index is 1.85. The minimum atomic E-state index is -0.604. The van der Waals surface area contributed by atoms with Crippen LogP contribution < -0.4 is 10.6 Å². The molecule has 0 aliphatic heterocycles. The zero-order valence-electron chi connectivity index (χ0n) is 16.9. The van der Waals surface area contributed by atoms with Crippen LogP contribution in [-0.2, 0) is 16.0 Å². The summed E-state index contributed by atoms with van der Waals surface area (Å²) in [6.45, 7) is 3.63. The van der Waals surface area contributed by atoms with Crippen molar-refractivity contribution in [1.29, 1.82) is 0 Å². The van der Waals surface area contributed by atoms with E-state index in [9.17, 15) is 14.4 Å².